The summed E-state index contributed by atoms with van der Waals surface area (Å²) in [5, 5.41) is 4.81. The lowest BCUT2D eigenvalue weighted by Gasteiger charge is -2.28. The van der Waals surface area contributed by atoms with Crippen LogP contribution in [0.2, 0.25) is 0 Å². The number of hydrogen-bond donors (Lipinski definition) is 1. The highest BCUT2D eigenvalue weighted by Gasteiger charge is 2.18. The van der Waals surface area contributed by atoms with Crippen molar-refractivity contribution in [3.8, 4) is 0 Å². The van der Waals surface area contributed by atoms with Crippen LogP contribution in [0.1, 0.15) is 39.0 Å². The molecule has 0 fully saturated rings. The standard InChI is InChI=1S/C17H24N2/c1-12-6-8-15-10-14(7-9-16(15)19-12)11-18-13(2)17(3,4)5/h6-10,13,18H,11H2,1-5H3. The Balaban J connectivity index is 2.12. The summed E-state index contributed by atoms with van der Waals surface area (Å²) in [6.45, 7) is 12.0. The van der Waals surface area contributed by atoms with E-state index in [1.54, 1.807) is 0 Å². The smallest absolute Gasteiger partial charge is 0.0705 e. The largest absolute Gasteiger partial charge is 0.310 e. The third-order valence-corrected chi connectivity index (χ3v) is 3.80. The number of pyridine rings is 1. The van der Waals surface area contributed by atoms with Gasteiger partial charge in [0.1, 0.15) is 0 Å². The molecule has 0 spiro atoms. The molecule has 0 bridgehead atoms. The molecule has 0 saturated carbocycles. The monoisotopic (exact) mass is 256 g/mol. The molecule has 1 unspecified atom stereocenters. The van der Waals surface area contributed by atoms with Gasteiger partial charge in [-0.05, 0) is 43.0 Å². The molecule has 0 aliphatic carbocycles. The van der Waals surface area contributed by atoms with E-state index in [-0.39, 0.29) is 5.41 Å². The quantitative estimate of drug-likeness (QED) is 0.895. The number of aromatic nitrogens is 1. The zero-order valence-electron chi connectivity index (χ0n) is 12.6. The van der Waals surface area contributed by atoms with Crippen LogP contribution in [-0.4, -0.2) is 11.0 Å². The lowest BCUT2D eigenvalue weighted by atomic mass is 9.88. The van der Waals surface area contributed by atoms with Crippen molar-refractivity contribution in [1.29, 1.82) is 0 Å². The Kier molecular flexibility index (Phi) is 3.91. The van der Waals surface area contributed by atoms with Gasteiger partial charge in [-0.25, -0.2) is 0 Å². The Hall–Kier alpha value is -1.41. The van der Waals surface area contributed by atoms with Gasteiger partial charge in [-0.2, -0.15) is 0 Å². The third-order valence-electron chi connectivity index (χ3n) is 3.80. The minimum absolute atomic E-state index is 0.287. The van der Waals surface area contributed by atoms with Gasteiger partial charge in [0, 0.05) is 23.7 Å². The molecule has 19 heavy (non-hydrogen) atoms. The highest BCUT2D eigenvalue weighted by Crippen LogP contribution is 2.20. The molecule has 0 saturated heterocycles. The van der Waals surface area contributed by atoms with Crippen molar-refractivity contribution < 1.29 is 0 Å². The molecule has 0 aliphatic rings. The molecule has 2 nitrogen and oxygen atoms in total. The van der Waals surface area contributed by atoms with Crippen molar-refractivity contribution in [2.45, 2.75) is 47.2 Å². The summed E-state index contributed by atoms with van der Waals surface area (Å²) in [7, 11) is 0. The van der Waals surface area contributed by atoms with Crippen LogP contribution >= 0.6 is 0 Å². The van der Waals surface area contributed by atoms with Crippen molar-refractivity contribution in [3.63, 3.8) is 0 Å². The molecular weight excluding hydrogens is 232 g/mol. The van der Waals surface area contributed by atoms with Crippen LogP contribution in [0.5, 0.6) is 0 Å². The molecule has 1 atom stereocenters. The van der Waals surface area contributed by atoms with E-state index in [0.29, 0.717) is 6.04 Å². The van der Waals surface area contributed by atoms with Crippen LogP contribution in [0.4, 0.5) is 0 Å². The first-order chi connectivity index (χ1) is 8.86. The van der Waals surface area contributed by atoms with E-state index in [1.165, 1.54) is 10.9 Å². The minimum atomic E-state index is 0.287. The van der Waals surface area contributed by atoms with E-state index in [9.17, 15) is 0 Å². The highest BCUT2D eigenvalue weighted by molar-refractivity contribution is 5.79. The van der Waals surface area contributed by atoms with E-state index in [2.05, 4.69) is 68.3 Å². The van der Waals surface area contributed by atoms with Crippen molar-refractivity contribution >= 4 is 10.9 Å². The molecular formula is C17H24N2. The van der Waals surface area contributed by atoms with Gasteiger partial charge >= 0.3 is 0 Å². The van der Waals surface area contributed by atoms with Crippen LogP contribution in [0.3, 0.4) is 0 Å². The average molecular weight is 256 g/mol. The topological polar surface area (TPSA) is 24.9 Å². The fraction of sp³-hybridized carbons (Fsp3) is 0.471. The minimum Gasteiger partial charge on any atom is -0.310 e. The summed E-state index contributed by atoms with van der Waals surface area (Å²) < 4.78 is 0. The summed E-state index contributed by atoms with van der Waals surface area (Å²) in [4.78, 5) is 4.53. The van der Waals surface area contributed by atoms with Gasteiger partial charge in [-0.15, -0.1) is 0 Å². The Labute approximate surface area is 116 Å². The normalized spacial score (nSPS) is 13.7. The lowest BCUT2D eigenvalue weighted by Crippen LogP contribution is -2.37. The summed E-state index contributed by atoms with van der Waals surface area (Å²) >= 11 is 0. The van der Waals surface area contributed by atoms with Gasteiger partial charge in [0.25, 0.3) is 0 Å². The SMILES string of the molecule is Cc1ccc2cc(CNC(C)C(C)(C)C)ccc2n1. The molecule has 2 rings (SSSR count). The first-order valence-corrected chi connectivity index (χ1v) is 6.96. The zero-order chi connectivity index (χ0) is 14.0. The molecule has 0 radical (unpaired) electrons. The maximum atomic E-state index is 4.53. The second kappa shape index (κ2) is 5.30. The Morgan fingerprint density at radius 2 is 1.89 bits per heavy atom. The second-order valence-electron chi connectivity index (χ2n) is 6.45. The summed E-state index contributed by atoms with van der Waals surface area (Å²) in [6.07, 6.45) is 0. The van der Waals surface area contributed by atoms with Gasteiger partial charge in [0.2, 0.25) is 0 Å². The zero-order valence-corrected chi connectivity index (χ0v) is 12.6. The van der Waals surface area contributed by atoms with Gasteiger partial charge in [-0.1, -0.05) is 32.9 Å². The summed E-state index contributed by atoms with van der Waals surface area (Å²) in [5.74, 6) is 0. The van der Waals surface area contributed by atoms with Crippen molar-refractivity contribution in [3.05, 3.63) is 41.6 Å². The molecule has 1 heterocycles. The fourth-order valence-electron chi connectivity index (χ4n) is 1.96. The predicted molar refractivity (Wildman–Crippen MR) is 82.2 cm³/mol. The van der Waals surface area contributed by atoms with Crippen LogP contribution < -0.4 is 5.32 Å². The number of fused-ring (bicyclic) bond motifs is 1. The van der Waals surface area contributed by atoms with Crippen LogP contribution in [0.15, 0.2) is 30.3 Å². The number of nitrogens with zero attached hydrogens (tertiary/aromatic N) is 1. The molecule has 0 aliphatic heterocycles. The summed E-state index contributed by atoms with van der Waals surface area (Å²) in [5.41, 5.74) is 3.75. The van der Waals surface area contributed by atoms with Crippen LogP contribution in [0.25, 0.3) is 10.9 Å². The number of nitrogens with one attached hydrogen (secondary N) is 1. The number of hydrogen-bond acceptors (Lipinski definition) is 2. The van der Waals surface area contributed by atoms with Gasteiger partial charge < -0.3 is 5.32 Å². The first-order valence-electron chi connectivity index (χ1n) is 6.96. The third kappa shape index (κ3) is 3.54. The van der Waals surface area contributed by atoms with Crippen LogP contribution in [-0.2, 0) is 6.54 Å². The van der Waals surface area contributed by atoms with E-state index >= 15 is 0 Å². The highest BCUT2D eigenvalue weighted by atomic mass is 14.9. The Bertz CT molecular complexity index is 567. The fourth-order valence-corrected chi connectivity index (χ4v) is 1.96. The van der Waals surface area contributed by atoms with Gasteiger partial charge in [-0.3, -0.25) is 4.98 Å². The number of rotatable bonds is 3. The summed E-state index contributed by atoms with van der Waals surface area (Å²) in [6, 6.07) is 11.2. The maximum Gasteiger partial charge on any atom is 0.0705 e. The maximum absolute atomic E-state index is 4.53. The van der Waals surface area contributed by atoms with E-state index < -0.39 is 0 Å². The van der Waals surface area contributed by atoms with Crippen LogP contribution in [0, 0.1) is 12.3 Å². The lowest BCUT2D eigenvalue weighted by molar-refractivity contribution is 0.285. The molecule has 0 amide bonds. The second-order valence-corrected chi connectivity index (χ2v) is 6.45. The van der Waals surface area contributed by atoms with Gasteiger partial charge in [0.05, 0.1) is 5.52 Å². The van der Waals surface area contributed by atoms with Crippen molar-refractivity contribution in [2.75, 3.05) is 0 Å². The Morgan fingerprint density at radius 3 is 2.58 bits per heavy atom. The number of benzene rings is 1. The van der Waals surface area contributed by atoms with E-state index in [4.69, 9.17) is 0 Å². The molecule has 1 aromatic carbocycles. The van der Waals surface area contributed by atoms with E-state index in [0.717, 1.165) is 17.8 Å². The molecule has 1 aromatic heterocycles. The average Bonchev–Trinajstić information content (AvgIpc) is 2.34. The Morgan fingerprint density at radius 1 is 1.16 bits per heavy atom. The van der Waals surface area contributed by atoms with Crippen molar-refractivity contribution in [1.82, 2.24) is 10.3 Å². The predicted octanol–water partition coefficient (Wildman–Crippen LogP) is 4.07. The van der Waals surface area contributed by atoms with E-state index in [1.807, 2.05) is 6.92 Å². The molecule has 2 heteroatoms. The molecule has 1 N–H and O–H groups in total. The molecule has 102 valence electrons. The van der Waals surface area contributed by atoms with Gasteiger partial charge in [0.15, 0.2) is 0 Å². The van der Waals surface area contributed by atoms with Crippen molar-refractivity contribution in [2.24, 2.45) is 5.41 Å². The molecule has 2 aromatic rings. The first kappa shape index (κ1) is 14.0. The number of aryl methyl sites for hydroxylation is 1.